The number of benzene rings is 2. The molecular weight excluding hydrogens is 334 g/mol. The Morgan fingerprint density at radius 2 is 1.65 bits per heavy atom. The SMILES string of the molecule is CCOc1ccccc1N/C=C/C(=O)c1cc(OC)c(OC)c(OC)c1. The molecular formula is C20H23NO5. The lowest BCUT2D eigenvalue weighted by Gasteiger charge is -2.13. The fraction of sp³-hybridized carbons (Fsp3) is 0.250. The number of para-hydroxylation sites is 2. The number of ketones is 1. The van der Waals surface area contributed by atoms with Crippen LogP contribution in [0.25, 0.3) is 0 Å². The van der Waals surface area contributed by atoms with Gasteiger partial charge in [-0.25, -0.2) is 0 Å². The Hall–Kier alpha value is -3.15. The number of allylic oxidation sites excluding steroid dienone is 1. The lowest BCUT2D eigenvalue weighted by molar-refractivity contribution is 0.104. The van der Waals surface area contributed by atoms with Crippen molar-refractivity contribution in [2.45, 2.75) is 6.92 Å². The van der Waals surface area contributed by atoms with Crippen LogP contribution in [0.15, 0.2) is 48.7 Å². The molecule has 0 radical (unpaired) electrons. The van der Waals surface area contributed by atoms with E-state index in [1.165, 1.54) is 27.4 Å². The van der Waals surface area contributed by atoms with Gasteiger partial charge in [-0.1, -0.05) is 12.1 Å². The number of nitrogens with one attached hydrogen (secondary N) is 1. The molecule has 2 aromatic rings. The number of methoxy groups -OCH3 is 3. The minimum Gasteiger partial charge on any atom is -0.493 e. The monoisotopic (exact) mass is 357 g/mol. The van der Waals surface area contributed by atoms with E-state index in [0.717, 1.165) is 11.4 Å². The van der Waals surface area contributed by atoms with Crippen LogP contribution < -0.4 is 24.3 Å². The predicted molar refractivity (Wildman–Crippen MR) is 101 cm³/mol. The van der Waals surface area contributed by atoms with Crippen molar-refractivity contribution in [1.29, 1.82) is 0 Å². The first-order valence-corrected chi connectivity index (χ1v) is 8.13. The maximum atomic E-state index is 12.5. The summed E-state index contributed by atoms with van der Waals surface area (Å²) in [7, 11) is 4.53. The van der Waals surface area contributed by atoms with E-state index in [4.69, 9.17) is 18.9 Å². The first kappa shape index (κ1) is 19.2. The molecule has 0 atom stereocenters. The molecule has 26 heavy (non-hydrogen) atoms. The summed E-state index contributed by atoms with van der Waals surface area (Å²) in [5.74, 6) is 1.82. The second-order valence-electron chi connectivity index (χ2n) is 5.19. The van der Waals surface area contributed by atoms with Crippen molar-refractivity contribution in [3.8, 4) is 23.0 Å². The predicted octanol–water partition coefficient (Wildman–Crippen LogP) is 3.92. The standard InChI is InChI=1S/C20H23NO5/c1-5-26-17-9-7-6-8-15(17)21-11-10-16(22)14-12-18(23-2)20(25-4)19(13-14)24-3/h6-13,21H,5H2,1-4H3/b11-10+. The van der Waals surface area contributed by atoms with Crippen molar-refractivity contribution in [1.82, 2.24) is 0 Å². The van der Waals surface area contributed by atoms with E-state index in [0.29, 0.717) is 29.4 Å². The van der Waals surface area contributed by atoms with Gasteiger partial charge in [-0.3, -0.25) is 4.79 Å². The summed E-state index contributed by atoms with van der Waals surface area (Å²) in [6.45, 7) is 2.48. The van der Waals surface area contributed by atoms with Gasteiger partial charge in [0.25, 0.3) is 0 Å². The Morgan fingerprint density at radius 3 is 2.23 bits per heavy atom. The summed E-state index contributed by atoms with van der Waals surface area (Å²) in [6, 6.07) is 10.7. The number of hydrogen-bond donors (Lipinski definition) is 1. The lowest BCUT2D eigenvalue weighted by atomic mass is 10.1. The molecule has 0 aliphatic heterocycles. The normalized spacial score (nSPS) is 10.5. The molecule has 138 valence electrons. The van der Waals surface area contributed by atoms with Crippen LogP contribution in [0.2, 0.25) is 0 Å². The molecule has 0 spiro atoms. The molecule has 0 amide bonds. The summed E-state index contributed by atoms with van der Waals surface area (Å²) in [5, 5.41) is 3.06. The van der Waals surface area contributed by atoms with Gasteiger partial charge in [0.2, 0.25) is 5.75 Å². The molecule has 0 aliphatic carbocycles. The summed E-state index contributed by atoms with van der Waals surface area (Å²) in [5.41, 5.74) is 1.21. The zero-order valence-electron chi connectivity index (χ0n) is 15.4. The Balaban J connectivity index is 2.18. The Bertz CT molecular complexity index is 761. The average molecular weight is 357 g/mol. The van der Waals surface area contributed by atoms with Gasteiger partial charge in [0.05, 0.1) is 33.6 Å². The molecule has 2 aromatic carbocycles. The topological polar surface area (TPSA) is 66.0 Å². The Morgan fingerprint density at radius 1 is 1.00 bits per heavy atom. The maximum absolute atomic E-state index is 12.5. The Labute approximate surface area is 153 Å². The quantitative estimate of drug-likeness (QED) is 0.542. The molecule has 0 unspecified atom stereocenters. The first-order valence-electron chi connectivity index (χ1n) is 8.13. The van der Waals surface area contributed by atoms with E-state index in [9.17, 15) is 4.79 Å². The van der Waals surface area contributed by atoms with Crippen molar-refractivity contribution in [2.75, 3.05) is 33.3 Å². The van der Waals surface area contributed by atoms with E-state index in [1.54, 1.807) is 18.3 Å². The van der Waals surface area contributed by atoms with Crippen molar-refractivity contribution < 1.29 is 23.7 Å². The highest BCUT2D eigenvalue weighted by Crippen LogP contribution is 2.38. The average Bonchev–Trinajstić information content (AvgIpc) is 2.68. The molecule has 0 saturated heterocycles. The van der Waals surface area contributed by atoms with Crippen LogP contribution in [0, 0.1) is 0 Å². The van der Waals surface area contributed by atoms with Gasteiger partial charge in [0, 0.05) is 17.8 Å². The third-order valence-electron chi connectivity index (χ3n) is 3.61. The summed E-state index contributed by atoms with van der Waals surface area (Å²) >= 11 is 0. The highest BCUT2D eigenvalue weighted by Gasteiger charge is 2.15. The van der Waals surface area contributed by atoms with Crippen LogP contribution in [0.5, 0.6) is 23.0 Å². The van der Waals surface area contributed by atoms with Crippen molar-refractivity contribution >= 4 is 11.5 Å². The third-order valence-corrected chi connectivity index (χ3v) is 3.61. The van der Waals surface area contributed by atoms with E-state index in [-0.39, 0.29) is 5.78 Å². The zero-order chi connectivity index (χ0) is 18.9. The van der Waals surface area contributed by atoms with Gasteiger partial charge in [-0.2, -0.15) is 0 Å². The van der Waals surface area contributed by atoms with Crippen molar-refractivity contribution in [3.63, 3.8) is 0 Å². The Kier molecular flexibility index (Phi) is 6.91. The number of ether oxygens (including phenoxy) is 4. The molecule has 6 nitrogen and oxygen atoms in total. The first-order chi connectivity index (χ1) is 12.6. The van der Waals surface area contributed by atoms with Crippen LogP contribution >= 0.6 is 0 Å². The molecule has 6 heteroatoms. The minimum absolute atomic E-state index is 0.203. The van der Waals surface area contributed by atoms with Crippen LogP contribution in [-0.2, 0) is 0 Å². The number of hydrogen-bond acceptors (Lipinski definition) is 6. The lowest BCUT2D eigenvalue weighted by Crippen LogP contribution is -2.01. The van der Waals surface area contributed by atoms with Crippen molar-refractivity contribution in [2.24, 2.45) is 0 Å². The van der Waals surface area contributed by atoms with E-state index < -0.39 is 0 Å². The van der Waals surface area contributed by atoms with E-state index in [2.05, 4.69) is 5.32 Å². The molecule has 0 aromatic heterocycles. The highest BCUT2D eigenvalue weighted by atomic mass is 16.5. The molecule has 2 rings (SSSR count). The number of anilines is 1. The van der Waals surface area contributed by atoms with Gasteiger partial charge in [-0.15, -0.1) is 0 Å². The summed E-state index contributed by atoms with van der Waals surface area (Å²) in [4.78, 5) is 12.5. The molecule has 0 heterocycles. The fourth-order valence-corrected chi connectivity index (χ4v) is 2.39. The van der Waals surface area contributed by atoms with Gasteiger partial charge < -0.3 is 24.3 Å². The van der Waals surface area contributed by atoms with Gasteiger partial charge >= 0.3 is 0 Å². The molecule has 1 N–H and O–H groups in total. The van der Waals surface area contributed by atoms with Crippen LogP contribution in [-0.4, -0.2) is 33.7 Å². The number of carbonyl (C=O) groups excluding carboxylic acids is 1. The fourth-order valence-electron chi connectivity index (χ4n) is 2.39. The molecule has 0 bridgehead atoms. The van der Waals surface area contributed by atoms with Crippen LogP contribution in [0.4, 0.5) is 5.69 Å². The van der Waals surface area contributed by atoms with Gasteiger partial charge in [0.15, 0.2) is 17.3 Å². The smallest absolute Gasteiger partial charge is 0.203 e. The maximum Gasteiger partial charge on any atom is 0.203 e. The minimum atomic E-state index is -0.203. The van der Waals surface area contributed by atoms with Gasteiger partial charge in [0.1, 0.15) is 5.75 Å². The second-order valence-corrected chi connectivity index (χ2v) is 5.19. The third kappa shape index (κ3) is 4.47. The highest BCUT2D eigenvalue weighted by molar-refractivity contribution is 6.05. The van der Waals surface area contributed by atoms with Crippen LogP contribution in [0.3, 0.4) is 0 Å². The van der Waals surface area contributed by atoms with E-state index >= 15 is 0 Å². The van der Waals surface area contributed by atoms with E-state index in [1.807, 2.05) is 31.2 Å². The number of rotatable bonds is 9. The van der Waals surface area contributed by atoms with Crippen LogP contribution in [0.1, 0.15) is 17.3 Å². The summed E-state index contributed by atoms with van der Waals surface area (Å²) < 4.78 is 21.3. The number of carbonyl (C=O) groups is 1. The second kappa shape index (κ2) is 9.36. The van der Waals surface area contributed by atoms with Gasteiger partial charge in [-0.05, 0) is 31.2 Å². The largest absolute Gasteiger partial charge is 0.493 e. The molecule has 0 aliphatic rings. The molecule has 0 fully saturated rings. The van der Waals surface area contributed by atoms with Crippen molar-refractivity contribution in [3.05, 3.63) is 54.2 Å². The molecule has 0 saturated carbocycles. The summed E-state index contributed by atoms with van der Waals surface area (Å²) in [6.07, 6.45) is 3.01. The zero-order valence-corrected chi connectivity index (χ0v) is 15.4.